The van der Waals surface area contributed by atoms with Crippen LogP contribution in [0.2, 0.25) is 0 Å². The maximum Gasteiger partial charge on any atom is 0.263 e. The molecular weight excluding hydrogens is 406 g/mol. The largest absolute Gasteiger partial charge is 0.376 e. The third-order valence-corrected chi connectivity index (χ3v) is 8.24. The van der Waals surface area contributed by atoms with Crippen molar-refractivity contribution in [3.63, 3.8) is 0 Å². The summed E-state index contributed by atoms with van der Waals surface area (Å²) < 4.78 is 7.47. The van der Waals surface area contributed by atoms with E-state index in [1.54, 1.807) is 11.3 Å². The highest BCUT2D eigenvalue weighted by atomic mass is 32.2. The van der Waals surface area contributed by atoms with E-state index in [4.69, 9.17) is 9.72 Å². The van der Waals surface area contributed by atoms with Crippen molar-refractivity contribution in [2.75, 3.05) is 13.2 Å². The summed E-state index contributed by atoms with van der Waals surface area (Å²) in [6, 6.07) is 0.184. The fraction of sp³-hybridized carbons (Fsp3) is 0.667. The average molecular weight is 436 g/mol. The van der Waals surface area contributed by atoms with Gasteiger partial charge in [0.05, 0.1) is 16.7 Å². The number of amides is 1. The zero-order valence-electron chi connectivity index (χ0n) is 17.3. The maximum absolute atomic E-state index is 13.4. The lowest BCUT2D eigenvalue weighted by atomic mass is 10.2. The van der Waals surface area contributed by atoms with Gasteiger partial charge in [-0.2, -0.15) is 0 Å². The van der Waals surface area contributed by atoms with Gasteiger partial charge in [-0.25, -0.2) is 4.98 Å². The van der Waals surface area contributed by atoms with Crippen molar-refractivity contribution in [1.82, 2.24) is 14.9 Å². The lowest BCUT2D eigenvalue weighted by molar-refractivity contribution is -0.120. The predicted molar refractivity (Wildman–Crippen MR) is 118 cm³/mol. The number of rotatable bonds is 6. The third kappa shape index (κ3) is 4.25. The highest BCUT2D eigenvalue weighted by molar-refractivity contribution is 8.00. The summed E-state index contributed by atoms with van der Waals surface area (Å²) in [5.41, 5.74) is 1.09. The van der Waals surface area contributed by atoms with E-state index in [2.05, 4.69) is 5.32 Å². The first kappa shape index (κ1) is 20.9. The maximum atomic E-state index is 13.4. The van der Waals surface area contributed by atoms with Gasteiger partial charge >= 0.3 is 0 Å². The third-order valence-electron chi connectivity index (χ3n) is 6.07. The van der Waals surface area contributed by atoms with Gasteiger partial charge in [0.15, 0.2) is 5.16 Å². The van der Waals surface area contributed by atoms with Crippen LogP contribution in [0.5, 0.6) is 0 Å². The summed E-state index contributed by atoms with van der Waals surface area (Å²) in [4.78, 5) is 32.8. The molecule has 1 amide bonds. The van der Waals surface area contributed by atoms with Crippen LogP contribution in [0.1, 0.15) is 61.9 Å². The number of aryl methyl sites for hydroxylation is 2. The zero-order chi connectivity index (χ0) is 20.5. The Morgan fingerprint density at radius 3 is 2.76 bits per heavy atom. The number of aromatic nitrogens is 2. The molecule has 6 nitrogen and oxygen atoms in total. The first-order chi connectivity index (χ1) is 14.0. The number of thiophene rings is 1. The molecule has 2 atom stereocenters. The van der Waals surface area contributed by atoms with E-state index in [9.17, 15) is 9.59 Å². The van der Waals surface area contributed by atoms with Crippen LogP contribution in [0.25, 0.3) is 10.2 Å². The lowest BCUT2D eigenvalue weighted by Gasteiger charge is -2.20. The van der Waals surface area contributed by atoms with Crippen molar-refractivity contribution >= 4 is 39.2 Å². The molecule has 2 aliphatic rings. The van der Waals surface area contributed by atoms with Crippen molar-refractivity contribution in [1.29, 1.82) is 0 Å². The molecule has 0 aromatic carbocycles. The van der Waals surface area contributed by atoms with E-state index in [1.165, 1.54) is 11.8 Å². The van der Waals surface area contributed by atoms with Gasteiger partial charge in [0.2, 0.25) is 5.91 Å². The highest BCUT2D eigenvalue weighted by Gasteiger charge is 2.27. The number of carbonyl (C=O) groups excluding carboxylic acids is 1. The van der Waals surface area contributed by atoms with E-state index in [1.807, 2.05) is 25.3 Å². The van der Waals surface area contributed by atoms with Crippen molar-refractivity contribution < 1.29 is 9.53 Å². The fourth-order valence-corrected chi connectivity index (χ4v) is 6.30. The first-order valence-corrected chi connectivity index (χ1v) is 12.2. The minimum Gasteiger partial charge on any atom is -0.376 e. The average Bonchev–Trinajstić information content (AvgIpc) is 3.43. The van der Waals surface area contributed by atoms with Crippen LogP contribution in [-0.4, -0.2) is 40.0 Å². The zero-order valence-corrected chi connectivity index (χ0v) is 19.0. The van der Waals surface area contributed by atoms with E-state index in [-0.39, 0.29) is 28.9 Å². The van der Waals surface area contributed by atoms with Crippen LogP contribution in [-0.2, 0) is 9.53 Å². The van der Waals surface area contributed by atoms with E-state index in [0.29, 0.717) is 11.7 Å². The molecule has 0 spiro atoms. The van der Waals surface area contributed by atoms with Crippen molar-refractivity contribution in [3.8, 4) is 0 Å². The van der Waals surface area contributed by atoms with Crippen LogP contribution in [0.4, 0.5) is 0 Å². The number of thioether (sulfide) groups is 1. The van der Waals surface area contributed by atoms with Crippen LogP contribution in [0.15, 0.2) is 9.95 Å². The van der Waals surface area contributed by atoms with Crippen molar-refractivity contribution in [2.24, 2.45) is 0 Å². The smallest absolute Gasteiger partial charge is 0.263 e. The number of hydrogen-bond donors (Lipinski definition) is 1. The van der Waals surface area contributed by atoms with Gasteiger partial charge in [-0.05, 0) is 52.0 Å². The summed E-state index contributed by atoms with van der Waals surface area (Å²) in [5.74, 6) is -0.0311. The molecule has 2 aromatic rings. The molecule has 0 radical (unpaired) electrons. The molecule has 29 heavy (non-hydrogen) atoms. The van der Waals surface area contributed by atoms with Crippen molar-refractivity contribution in [3.05, 3.63) is 20.8 Å². The van der Waals surface area contributed by atoms with E-state index in [0.717, 1.165) is 65.8 Å². The minimum atomic E-state index is -0.324. The topological polar surface area (TPSA) is 73.2 Å². The molecular formula is C21H29N3O3S2. The van der Waals surface area contributed by atoms with Crippen LogP contribution in [0, 0.1) is 13.8 Å². The summed E-state index contributed by atoms with van der Waals surface area (Å²) >= 11 is 2.96. The van der Waals surface area contributed by atoms with Gasteiger partial charge in [-0.3, -0.25) is 14.2 Å². The van der Waals surface area contributed by atoms with Crippen LogP contribution >= 0.6 is 23.1 Å². The van der Waals surface area contributed by atoms with Gasteiger partial charge in [0.1, 0.15) is 4.83 Å². The fourth-order valence-electron chi connectivity index (χ4n) is 4.23. The second kappa shape index (κ2) is 8.78. The molecule has 2 aromatic heterocycles. The van der Waals surface area contributed by atoms with Gasteiger partial charge in [-0.15, -0.1) is 11.3 Å². The Morgan fingerprint density at radius 2 is 2.07 bits per heavy atom. The number of carbonyl (C=O) groups is 1. The number of nitrogens with one attached hydrogen (secondary N) is 1. The number of nitrogens with zero attached hydrogens (tertiary/aromatic N) is 2. The Balaban J connectivity index is 1.60. The van der Waals surface area contributed by atoms with Gasteiger partial charge < -0.3 is 10.1 Å². The van der Waals surface area contributed by atoms with Gasteiger partial charge in [0.25, 0.3) is 5.56 Å². The predicted octanol–water partition coefficient (Wildman–Crippen LogP) is 3.97. The molecule has 1 aliphatic heterocycles. The standard InChI is InChI=1S/C21H29N3O3S2/c1-12-13(2)28-19-17(12)20(26)24(15-7-4-5-8-15)21(23-19)29-14(3)18(25)22-11-16-9-6-10-27-16/h14-16H,4-11H2,1-3H3,(H,22,25)/t14-,16+/m0/s1. The molecule has 158 valence electrons. The number of fused-ring (bicyclic) bond motifs is 1. The molecule has 1 aliphatic carbocycles. The van der Waals surface area contributed by atoms with Crippen molar-refractivity contribution in [2.45, 2.75) is 81.8 Å². The Hall–Kier alpha value is -1.38. The molecule has 8 heteroatoms. The Morgan fingerprint density at radius 1 is 1.31 bits per heavy atom. The molecule has 2 fully saturated rings. The van der Waals surface area contributed by atoms with E-state index < -0.39 is 0 Å². The summed E-state index contributed by atoms with van der Waals surface area (Å²) in [5, 5.41) is 4.10. The Bertz CT molecular complexity index is 956. The molecule has 1 N–H and O–H groups in total. The molecule has 0 bridgehead atoms. The quantitative estimate of drug-likeness (QED) is 0.549. The second-order valence-electron chi connectivity index (χ2n) is 8.11. The van der Waals surface area contributed by atoms with Crippen LogP contribution in [0.3, 0.4) is 0 Å². The van der Waals surface area contributed by atoms with E-state index >= 15 is 0 Å². The molecule has 3 heterocycles. The normalized spacial score (nSPS) is 21.1. The molecule has 1 saturated carbocycles. The lowest BCUT2D eigenvalue weighted by Crippen LogP contribution is -2.37. The first-order valence-electron chi connectivity index (χ1n) is 10.5. The second-order valence-corrected chi connectivity index (χ2v) is 10.6. The number of ether oxygens (including phenoxy) is 1. The highest BCUT2D eigenvalue weighted by Crippen LogP contribution is 2.35. The van der Waals surface area contributed by atoms with Gasteiger partial charge in [0, 0.05) is 24.1 Å². The van der Waals surface area contributed by atoms with Gasteiger partial charge in [-0.1, -0.05) is 24.6 Å². The summed E-state index contributed by atoms with van der Waals surface area (Å²) in [6.07, 6.45) is 6.46. The monoisotopic (exact) mass is 435 g/mol. The molecule has 4 rings (SSSR count). The Kier molecular flexibility index (Phi) is 6.32. The minimum absolute atomic E-state index is 0.0311. The van der Waals surface area contributed by atoms with Crippen LogP contribution < -0.4 is 10.9 Å². The Labute approximate surface area is 179 Å². The number of hydrogen-bond acceptors (Lipinski definition) is 6. The SMILES string of the molecule is Cc1sc2nc(S[C@@H](C)C(=O)NC[C@H]3CCCO3)n(C3CCCC3)c(=O)c2c1C. The molecule has 0 unspecified atom stereocenters. The summed E-state index contributed by atoms with van der Waals surface area (Å²) in [7, 11) is 0. The molecule has 1 saturated heterocycles. The summed E-state index contributed by atoms with van der Waals surface area (Å²) in [6.45, 7) is 7.26.